The van der Waals surface area contributed by atoms with Gasteiger partial charge in [0.05, 0.1) is 0 Å². The fourth-order valence-corrected chi connectivity index (χ4v) is 0.862. The minimum Gasteiger partial charge on any atom is -0.349 e. The normalized spacial score (nSPS) is 13.6. The van der Waals surface area contributed by atoms with Crippen LogP contribution in [0, 0.1) is 0 Å². The Morgan fingerprint density at radius 1 is 1.89 bits per heavy atom. The van der Waals surface area contributed by atoms with E-state index in [9.17, 15) is 0 Å². The molecule has 0 spiro atoms. The third kappa shape index (κ3) is 2.10. The van der Waals surface area contributed by atoms with Gasteiger partial charge in [0.15, 0.2) is 0 Å². The Balaban J connectivity index is 2.48. The van der Waals surface area contributed by atoms with Crippen LogP contribution in [0.15, 0.2) is 12.4 Å². The SMILES string of the molecule is CC(S)Cc1ncc[nH]1. The minimum atomic E-state index is 0.385. The number of thiol groups is 1. The summed E-state index contributed by atoms with van der Waals surface area (Å²) in [5.74, 6) is 1.01. The van der Waals surface area contributed by atoms with Crippen LogP contribution in [0.25, 0.3) is 0 Å². The minimum absolute atomic E-state index is 0.385. The zero-order valence-corrected chi connectivity index (χ0v) is 6.23. The maximum Gasteiger partial charge on any atom is 0.107 e. The number of rotatable bonds is 2. The molecule has 1 rings (SSSR count). The van der Waals surface area contributed by atoms with E-state index in [0.717, 1.165) is 12.2 Å². The highest BCUT2D eigenvalue weighted by molar-refractivity contribution is 7.80. The van der Waals surface area contributed by atoms with Crippen molar-refractivity contribution >= 4 is 12.6 Å². The molecule has 50 valence electrons. The largest absolute Gasteiger partial charge is 0.349 e. The van der Waals surface area contributed by atoms with E-state index >= 15 is 0 Å². The Morgan fingerprint density at radius 3 is 3.11 bits per heavy atom. The smallest absolute Gasteiger partial charge is 0.107 e. The molecule has 0 aromatic carbocycles. The Bertz CT molecular complexity index is 158. The first-order chi connectivity index (χ1) is 4.29. The third-order valence-electron chi connectivity index (χ3n) is 1.04. The second-order valence-electron chi connectivity index (χ2n) is 2.09. The molecule has 0 aliphatic rings. The number of nitrogens with zero attached hydrogens (tertiary/aromatic N) is 1. The van der Waals surface area contributed by atoms with E-state index < -0.39 is 0 Å². The lowest BCUT2D eigenvalue weighted by atomic mass is 10.3. The summed E-state index contributed by atoms with van der Waals surface area (Å²) in [4.78, 5) is 7.06. The highest BCUT2D eigenvalue weighted by atomic mass is 32.1. The van der Waals surface area contributed by atoms with Gasteiger partial charge in [0, 0.05) is 24.1 Å². The first kappa shape index (κ1) is 6.68. The van der Waals surface area contributed by atoms with Crippen LogP contribution in [-0.2, 0) is 6.42 Å². The van der Waals surface area contributed by atoms with Gasteiger partial charge in [-0.1, -0.05) is 6.92 Å². The predicted octanol–water partition coefficient (Wildman–Crippen LogP) is 1.27. The summed E-state index contributed by atoms with van der Waals surface area (Å²) in [5, 5.41) is 0.385. The summed E-state index contributed by atoms with van der Waals surface area (Å²) in [7, 11) is 0. The molecule has 1 aromatic rings. The van der Waals surface area contributed by atoms with E-state index in [1.165, 1.54) is 0 Å². The molecule has 0 aliphatic heterocycles. The van der Waals surface area contributed by atoms with Gasteiger partial charge < -0.3 is 4.98 Å². The van der Waals surface area contributed by atoms with Gasteiger partial charge in [-0.15, -0.1) is 0 Å². The maximum atomic E-state index is 4.22. The number of nitrogens with one attached hydrogen (secondary N) is 1. The lowest BCUT2D eigenvalue weighted by Gasteiger charge is -1.97. The average molecular weight is 142 g/mol. The second kappa shape index (κ2) is 2.92. The quantitative estimate of drug-likeness (QED) is 0.598. The van der Waals surface area contributed by atoms with Crippen LogP contribution in [-0.4, -0.2) is 15.2 Å². The van der Waals surface area contributed by atoms with Crippen LogP contribution in [0.3, 0.4) is 0 Å². The zero-order valence-electron chi connectivity index (χ0n) is 5.33. The predicted molar refractivity (Wildman–Crippen MR) is 40.7 cm³/mol. The molecule has 0 bridgehead atoms. The van der Waals surface area contributed by atoms with Gasteiger partial charge in [0.2, 0.25) is 0 Å². The third-order valence-corrected chi connectivity index (χ3v) is 1.23. The first-order valence-corrected chi connectivity index (χ1v) is 3.47. The highest BCUT2D eigenvalue weighted by Crippen LogP contribution is 2.00. The van der Waals surface area contributed by atoms with Gasteiger partial charge in [-0.3, -0.25) is 0 Å². The van der Waals surface area contributed by atoms with Gasteiger partial charge in [0.1, 0.15) is 5.82 Å². The molecule has 3 heteroatoms. The monoisotopic (exact) mass is 142 g/mol. The Morgan fingerprint density at radius 2 is 2.67 bits per heavy atom. The van der Waals surface area contributed by atoms with Crippen molar-refractivity contribution in [2.45, 2.75) is 18.6 Å². The summed E-state index contributed by atoms with van der Waals surface area (Å²) in [6.07, 6.45) is 4.49. The molecule has 0 aliphatic carbocycles. The van der Waals surface area contributed by atoms with Crippen molar-refractivity contribution in [2.75, 3.05) is 0 Å². The van der Waals surface area contributed by atoms with Crippen LogP contribution in [0.5, 0.6) is 0 Å². The van der Waals surface area contributed by atoms with E-state index in [1.54, 1.807) is 6.20 Å². The summed E-state index contributed by atoms with van der Waals surface area (Å²) in [6.45, 7) is 2.05. The molecular weight excluding hydrogens is 132 g/mol. The molecular formula is C6H10N2S. The van der Waals surface area contributed by atoms with E-state index in [-0.39, 0.29) is 0 Å². The molecule has 0 saturated heterocycles. The lowest BCUT2D eigenvalue weighted by molar-refractivity contribution is 0.878. The molecule has 2 nitrogen and oxygen atoms in total. The van der Waals surface area contributed by atoms with Crippen LogP contribution < -0.4 is 0 Å². The molecule has 0 radical (unpaired) electrons. The summed E-state index contributed by atoms with van der Waals surface area (Å²) in [5.41, 5.74) is 0. The van der Waals surface area contributed by atoms with Crippen molar-refractivity contribution in [2.24, 2.45) is 0 Å². The van der Waals surface area contributed by atoms with Crippen LogP contribution in [0.1, 0.15) is 12.7 Å². The van der Waals surface area contributed by atoms with Crippen molar-refractivity contribution in [3.63, 3.8) is 0 Å². The van der Waals surface area contributed by atoms with Crippen molar-refractivity contribution in [3.05, 3.63) is 18.2 Å². The van der Waals surface area contributed by atoms with E-state index in [4.69, 9.17) is 0 Å². The summed E-state index contributed by atoms with van der Waals surface area (Å²) in [6, 6.07) is 0. The van der Waals surface area contributed by atoms with Crippen molar-refractivity contribution in [1.29, 1.82) is 0 Å². The number of hydrogen-bond donors (Lipinski definition) is 2. The molecule has 1 N–H and O–H groups in total. The summed E-state index contributed by atoms with van der Waals surface area (Å²) < 4.78 is 0. The molecule has 0 amide bonds. The fourth-order valence-electron chi connectivity index (χ4n) is 0.689. The lowest BCUT2D eigenvalue weighted by Crippen LogP contribution is -1.98. The molecule has 1 atom stereocenters. The van der Waals surface area contributed by atoms with Crippen LogP contribution >= 0.6 is 12.6 Å². The number of aromatic amines is 1. The number of aromatic nitrogens is 2. The molecule has 9 heavy (non-hydrogen) atoms. The highest BCUT2D eigenvalue weighted by Gasteiger charge is 1.97. The van der Waals surface area contributed by atoms with Gasteiger partial charge in [0.25, 0.3) is 0 Å². The van der Waals surface area contributed by atoms with Crippen molar-refractivity contribution in [1.82, 2.24) is 9.97 Å². The van der Waals surface area contributed by atoms with Gasteiger partial charge in [-0.2, -0.15) is 12.6 Å². The standard InChI is InChI=1S/C6H10N2S/c1-5(9)4-6-7-2-3-8-6/h2-3,5,9H,4H2,1H3,(H,7,8). The first-order valence-electron chi connectivity index (χ1n) is 2.95. The Hall–Kier alpha value is -0.440. The van der Waals surface area contributed by atoms with Gasteiger partial charge in [-0.05, 0) is 0 Å². The molecule has 1 unspecified atom stereocenters. The molecule has 1 heterocycles. The molecule has 0 saturated carbocycles. The average Bonchev–Trinajstić information content (AvgIpc) is 2.15. The van der Waals surface area contributed by atoms with Crippen molar-refractivity contribution < 1.29 is 0 Å². The number of hydrogen-bond acceptors (Lipinski definition) is 2. The van der Waals surface area contributed by atoms with Gasteiger partial charge in [-0.25, -0.2) is 4.98 Å². The number of imidazole rings is 1. The Labute approximate surface area is 60.1 Å². The topological polar surface area (TPSA) is 28.7 Å². The van der Waals surface area contributed by atoms with Gasteiger partial charge >= 0.3 is 0 Å². The summed E-state index contributed by atoms with van der Waals surface area (Å²) >= 11 is 4.22. The van der Waals surface area contributed by atoms with E-state index in [2.05, 4.69) is 22.6 Å². The van der Waals surface area contributed by atoms with Crippen molar-refractivity contribution in [3.8, 4) is 0 Å². The van der Waals surface area contributed by atoms with E-state index in [0.29, 0.717) is 5.25 Å². The van der Waals surface area contributed by atoms with Crippen LogP contribution in [0.4, 0.5) is 0 Å². The van der Waals surface area contributed by atoms with E-state index in [1.807, 2.05) is 13.1 Å². The fraction of sp³-hybridized carbons (Fsp3) is 0.500. The Kier molecular flexibility index (Phi) is 2.16. The molecule has 0 fully saturated rings. The maximum absolute atomic E-state index is 4.22. The second-order valence-corrected chi connectivity index (χ2v) is 2.97. The zero-order chi connectivity index (χ0) is 6.69. The van der Waals surface area contributed by atoms with Crippen LogP contribution in [0.2, 0.25) is 0 Å². The molecule has 1 aromatic heterocycles. The number of H-pyrrole nitrogens is 1.